The molecule has 0 fully saturated rings. The smallest absolute Gasteiger partial charge is 0.271 e. The second-order valence-electron chi connectivity index (χ2n) is 6.13. The van der Waals surface area contributed by atoms with E-state index in [2.05, 4.69) is 0 Å². The third-order valence-electron chi connectivity index (χ3n) is 4.44. The highest BCUT2D eigenvalue weighted by atomic mass is 16.5. The summed E-state index contributed by atoms with van der Waals surface area (Å²) in [6.07, 6.45) is 1.69. The van der Waals surface area contributed by atoms with Crippen LogP contribution in [0.4, 0.5) is 0 Å². The molecule has 0 unspecified atom stereocenters. The fourth-order valence-corrected chi connectivity index (χ4v) is 2.91. The van der Waals surface area contributed by atoms with Gasteiger partial charge in [0.05, 0.1) is 13.7 Å². The molecule has 134 valence electrons. The van der Waals surface area contributed by atoms with Crippen molar-refractivity contribution in [2.24, 2.45) is 0 Å². The van der Waals surface area contributed by atoms with Crippen LogP contribution in [0.25, 0.3) is 6.08 Å². The number of methoxy groups -OCH3 is 1. The van der Waals surface area contributed by atoms with Gasteiger partial charge in [0.1, 0.15) is 17.4 Å². The van der Waals surface area contributed by atoms with Gasteiger partial charge in [-0.05, 0) is 41.8 Å². The maximum absolute atomic E-state index is 13.0. The Labute approximate surface area is 157 Å². The van der Waals surface area contributed by atoms with Gasteiger partial charge in [0.15, 0.2) is 0 Å². The highest BCUT2D eigenvalue weighted by Gasteiger charge is 2.35. The predicted molar refractivity (Wildman–Crippen MR) is 101 cm³/mol. The third kappa shape index (κ3) is 3.65. The molecular formula is C22H18N2O3. The van der Waals surface area contributed by atoms with E-state index in [0.29, 0.717) is 16.9 Å². The minimum absolute atomic E-state index is 0.00899. The van der Waals surface area contributed by atoms with E-state index in [0.717, 1.165) is 16.0 Å². The lowest BCUT2D eigenvalue weighted by Gasteiger charge is -2.27. The number of benzene rings is 2. The molecule has 0 saturated heterocycles. The van der Waals surface area contributed by atoms with E-state index in [1.54, 1.807) is 32.2 Å². The minimum atomic E-state index is -0.560. The molecule has 2 aromatic carbocycles. The number of rotatable bonds is 4. The molecule has 0 radical (unpaired) electrons. The van der Waals surface area contributed by atoms with Crippen molar-refractivity contribution >= 4 is 17.9 Å². The first-order valence-corrected chi connectivity index (χ1v) is 8.42. The lowest BCUT2D eigenvalue weighted by atomic mass is 9.93. The maximum atomic E-state index is 13.0. The van der Waals surface area contributed by atoms with Crippen molar-refractivity contribution in [1.82, 2.24) is 4.90 Å². The number of carbonyl (C=O) groups is 2. The van der Waals surface area contributed by atoms with Crippen LogP contribution >= 0.6 is 0 Å². The molecule has 1 heterocycles. The van der Waals surface area contributed by atoms with Crippen LogP contribution in [-0.2, 0) is 16.1 Å². The number of ether oxygens (including phenoxy) is 1. The van der Waals surface area contributed by atoms with Crippen LogP contribution in [0.2, 0.25) is 0 Å². The normalized spacial score (nSPS) is 15.9. The molecule has 3 rings (SSSR count). The Bertz CT molecular complexity index is 980. The summed E-state index contributed by atoms with van der Waals surface area (Å²) in [6, 6.07) is 18.4. The second kappa shape index (κ2) is 7.71. The summed E-state index contributed by atoms with van der Waals surface area (Å²) < 4.78 is 5.14. The van der Waals surface area contributed by atoms with E-state index in [-0.39, 0.29) is 12.1 Å². The lowest BCUT2D eigenvalue weighted by Crippen LogP contribution is -2.42. The van der Waals surface area contributed by atoms with Gasteiger partial charge in [0.25, 0.3) is 11.8 Å². The molecule has 0 saturated carbocycles. The molecule has 0 spiro atoms. The summed E-state index contributed by atoms with van der Waals surface area (Å²) in [4.78, 5) is 26.8. The van der Waals surface area contributed by atoms with Crippen LogP contribution in [0.1, 0.15) is 18.1 Å². The summed E-state index contributed by atoms with van der Waals surface area (Å²) >= 11 is 0. The highest BCUT2D eigenvalue weighted by Crippen LogP contribution is 2.28. The molecule has 27 heavy (non-hydrogen) atoms. The summed E-state index contributed by atoms with van der Waals surface area (Å²) in [5, 5.41) is 9.44. The molecule has 0 aromatic heterocycles. The molecule has 5 heteroatoms. The zero-order valence-electron chi connectivity index (χ0n) is 15.1. The first kappa shape index (κ1) is 18.2. The van der Waals surface area contributed by atoms with Gasteiger partial charge in [0.2, 0.25) is 0 Å². The third-order valence-corrected chi connectivity index (χ3v) is 4.44. The standard InChI is InChI=1S/C22H18N2O3/c1-15-19(12-16-8-10-18(27-2)11-9-16)21(25)24(22(26)20(15)13-23)14-17-6-4-3-5-7-17/h3-12H,14H2,1-2H3/b19-12+. The maximum Gasteiger partial charge on any atom is 0.271 e. The van der Waals surface area contributed by atoms with Crippen molar-refractivity contribution in [3.8, 4) is 11.8 Å². The number of amides is 2. The Morgan fingerprint density at radius 1 is 1.04 bits per heavy atom. The number of carbonyl (C=O) groups excluding carboxylic acids is 2. The van der Waals surface area contributed by atoms with E-state index >= 15 is 0 Å². The van der Waals surface area contributed by atoms with Gasteiger partial charge < -0.3 is 4.74 Å². The SMILES string of the molecule is COc1ccc(/C=C2/C(=O)N(Cc3ccccc3)C(=O)C(C#N)=C2C)cc1. The summed E-state index contributed by atoms with van der Waals surface area (Å²) in [5.41, 5.74) is 2.33. The fraction of sp³-hybridized carbons (Fsp3) is 0.136. The van der Waals surface area contributed by atoms with E-state index in [1.807, 2.05) is 48.5 Å². The van der Waals surface area contributed by atoms with Crippen LogP contribution in [0.3, 0.4) is 0 Å². The van der Waals surface area contributed by atoms with Crippen LogP contribution in [-0.4, -0.2) is 23.8 Å². The Balaban J connectivity index is 2.02. The zero-order chi connectivity index (χ0) is 19.4. The van der Waals surface area contributed by atoms with Gasteiger partial charge >= 0.3 is 0 Å². The fourth-order valence-electron chi connectivity index (χ4n) is 2.91. The van der Waals surface area contributed by atoms with Gasteiger partial charge in [-0.2, -0.15) is 5.26 Å². The predicted octanol–water partition coefficient (Wildman–Crippen LogP) is 3.49. The van der Waals surface area contributed by atoms with Gasteiger partial charge in [0, 0.05) is 5.57 Å². The highest BCUT2D eigenvalue weighted by molar-refractivity contribution is 6.19. The first-order valence-electron chi connectivity index (χ1n) is 8.42. The van der Waals surface area contributed by atoms with Crippen molar-refractivity contribution in [1.29, 1.82) is 5.26 Å². The Morgan fingerprint density at radius 2 is 1.70 bits per heavy atom. The molecular weight excluding hydrogens is 340 g/mol. The zero-order valence-corrected chi connectivity index (χ0v) is 15.1. The second-order valence-corrected chi connectivity index (χ2v) is 6.13. The van der Waals surface area contributed by atoms with E-state index in [9.17, 15) is 14.9 Å². The summed E-state index contributed by atoms with van der Waals surface area (Å²) in [5.74, 6) is -0.259. The Kier molecular flexibility index (Phi) is 5.18. The molecule has 0 bridgehead atoms. The van der Waals surface area contributed by atoms with Gasteiger partial charge in [-0.25, -0.2) is 0 Å². The van der Waals surface area contributed by atoms with Crippen molar-refractivity contribution in [3.63, 3.8) is 0 Å². The molecule has 0 aliphatic carbocycles. The number of nitriles is 1. The number of nitrogens with zero attached hydrogens (tertiary/aromatic N) is 2. The molecule has 1 aliphatic rings. The van der Waals surface area contributed by atoms with Crippen molar-refractivity contribution in [2.45, 2.75) is 13.5 Å². The summed E-state index contributed by atoms with van der Waals surface area (Å²) in [6.45, 7) is 1.75. The molecule has 2 aromatic rings. The number of imide groups is 1. The van der Waals surface area contributed by atoms with E-state index in [1.165, 1.54) is 0 Å². The first-order chi connectivity index (χ1) is 13.0. The van der Waals surface area contributed by atoms with Crippen LogP contribution in [0.15, 0.2) is 71.3 Å². The largest absolute Gasteiger partial charge is 0.497 e. The Hall–Kier alpha value is -3.65. The van der Waals surface area contributed by atoms with Crippen LogP contribution < -0.4 is 4.74 Å². The monoisotopic (exact) mass is 358 g/mol. The summed E-state index contributed by atoms with van der Waals surface area (Å²) in [7, 11) is 1.58. The molecule has 1 aliphatic heterocycles. The lowest BCUT2D eigenvalue weighted by molar-refractivity contribution is -0.141. The van der Waals surface area contributed by atoms with Gasteiger partial charge in [-0.15, -0.1) is 0 Å². The molecule has 2 amide bonds. The average molecular weight is 358 g/mol. The van der Waals surface area contributed by atoms with Gasteiger partial charge in [-0.3, -0.25) is 14.5 Å². The van der Waals surface area contributed by atoms with Crippen molar-refractivity contribution in [3.05, 3.63) is 82.4 Å². The minimum Gasteiger partial charge on any atom is -0.497 e. The van der Waals surface area contributed by atoms with E-state index in [4.69, 9.17) is 4.74 Å². The number of hydrogen-bond acceptors (Lipinski definition) is 4. The molecule has 0 N–H and O–H groups in total. The average Bonchev–Trinajstić information content (AvgIpc) is 2.70. The molecule has 0 atom stereocenters. The van der Waals surface area contributed by atoms with Gasteiger partial charge in [-0.1, -0.05) is 42.5 Å². The van der Waals surface area contributed by atoms with Crippen LogP contribution in [0.5, 0.6) is 5.75 Å². The quantitative estimate of drug-likeness (QED) is 0.620. The van der Waals surface area contributed by atoms with Crippen LogP contribution in [0, 0.1) is 11.3 Å². The van der Waals surface area contributed by atoms with E-state index < -0.39 is 11.8 Å². The van der Waals surface area contributed by atoms with Crippen molar-refractivity contribution in [2.75, 3.05) is 7.11 Å². The molecule has 5 nitrogen and oxygen atoms in total. The Morgan fingerprint density at radius 3 is 2.30 bits per heavy atom. The topological polar surface area (TPSA) is 70.4 Å². The van der Waals surface area contributed by atoms with Crippen molar-refractivity contribution < 1.29 is 14.3 Å². The number of hydrogen-bond donors (Lipinski definition) is 0.